The van der Waals surface area contributed by atoms with Crippen molar-refractivity contribution in [3.63, 3.8) is 0 Å². The number of allylic oxidation sites excluding steroid dienone is 3. The summed E-state index contributed by atoms with van der Waals surface area (Å²) >= 11 is 0. The zero-order valence-corrected chi connectivity index (χ0v) is 20.0. The van der Waals surface area contributed by atoms with E-state index in [0.717, 1.165) is 43.1 Å². The van der Waals surface area contributed by atoms with Crippen molar-refractivity contribution in [3.8, 4) is 5.75 Å². The Morgan fingerprint density at radius 1 is 1.10 bits per heavy atom. The number of pyridine rings is 1. The molecule has 0 amide bonds. The molecule has 2 saturated carbocycles. The van der Waals surface area contributed by atoms with Crippen molar-refractivity contribution in [2.24, 2.45) is 28.6 Å². The maximum Gasteiger partial charge on any atom is 0.138 e. The average Bonchev–Trinajstić information content (AvgIpc) is 3.05. The Labute approximate surface area is 189 Å². The molecule has 5 rings (SSSR count). The lowest BCUT2D eigenvalue weighted by atomic mass is 9.47. The Kier molecular flexibility index (Phi) is 5.53. The molecule has 1 aromatic rings. The van der Waals surface area contributed by atoms with Crippen LogP contribution >= 0.6 is 0 Å². The number of hydrogen-bond acceptors (Lipinski definition) is 3. The van der Waals surface area contributed by atoms with Crippen molar-refractivity contribution in [1.82, 2.24) is 9.88 Å². The van der Waals surface area contributed by atoms with Crippen molar-refractivity contribution in [2.75, 3.05) is 26.7 Å². The molecule has 2 heterocycles. The number of hydrogen-bond donors (Lipinski definition) is 0. The predicted molar refractivity (Wildman–Crippen MR) is 128 cm³/mol. The van der Waals surface area contributed by atoms with E-state index in [-0.39, 0.29) is 5.41 Å². The first-order valence-corrected chi connectivity index (χ1v) is 12.6. The molecule has 0 aromatic carbocycles. The Balaban J connectivity index is 1.41. The number of rotatable bonds is 4. The van der Waals surface area contributed by atoms with E-state index in [2.05, 4.69) is 62.1 Å². The Morgan fingerprint density at radius 2 is 1.97 bits per heavy atom. The molecule has 0 bridgehead atoms. The second-order valence-corrected chi connectivity index (χ2v) is 11.1. The maximum atomic E-state index is 5.90. The van der Waals surface area contributed by atoms with Gasteiger partial charge in [0.1, 0.15) is 5.75 Å². The fraction of sp³-hybridized carbons (Fsp3) is 0.679. The van der Waals surface area contributed by atoms with Crippen LogP contribution in [0.25, 0.3) is 5.57 Å². The summed E-state index contributed by atoms with van der Waals surface area (Å²) in [6.07, 6.45) is 18.0. The molecule has 3 nitrogen and oxygen atoms in total. The molecular weight excluding hydrogens is 380 g/mol. The molecule has 3 aliphatic carbocycles. The second kappa shape index (κ2) is 8.06. The third kappa shape index (κ3) is 3.48. The molecule has 0 N–H and O–H groups in total. The Bertz CT molecular complexity index is 889. The van der Waals surface area contributed by atoms with Crippen LogP contribution in [-0.4, -0.2) is 36.6 Å². The molecule has 1 aromatic heterocycles. The van der Waals surface area contributed by atoms with Crippen LogP contribution in [0.4, 0.5) is 0 Å². The minimum Gasteiger partial charge on any atom is -0.492 e. The van der Waals surface area contributed by atoms with Crippen LogP contribution in [-0.2, 0) is 0 Å². The van der Waals surface area contributed by atoms with Crippen molar-refractivity contribution in [3.05, 3.63) is 41.7 Å². The number of nitrogens with zero attached hydrogens (tertiary/aromatic N) is 2. The maximum absolute atomic E-state index is 5.90. The molecule has 0 spiro atoms. The fourth-order valence-electron chi connectivity index (χ4n) is 7.67. The third-order valence-corrected chi connectivity index (χ3v) is 9.48. The molecule has 4 aliphatic rings. The minimum absolute atomic E-state index is 0.283. The molecule has 168 valence electrons. The van der Waals surface area contributed by atoms with Gasteiger partial charge in [-0.3, -0.25) is 4.98 Å². The summed E-state index contributed by atoms with van der Waals surface area (Å²) in [6.45, 7) is 10.5. The van der Waals surface area contributed by atoms with E-state index in [4.69, 9.17) is 4.74 Å². The van der Waals surface area contributed by atoms with Gasteiger partial charge in [-0.15, -0.1) is 0 Å². The van der Waals surface area contributed by atoms with Crippen LogP contribution < -0.4 is 4.74 Å². The fourth-order valence-corrected chi connectivity index (χ4v) is 7.67. The van der Waals surface area contributed by atoms with Gasteiger partial charge in [-0.05, 0) is 104 Å². The van der Waals surface area contributed by atoms with Crippen molar-refractivity contribution in [1.29, 1.82) is 0 Å². The zero-order valence-electron chi connectivity index (χ0n) is 20.0. The first-order valence-electron chi connectivity index (χ1n) is 12.6. The molecule has 5 unspecified atom stereocenters. The van der Waals surface area contributed by atoms with Gasteiger partial charge in [0.25, 0.3) is 0 Å². The summed E-state index contributed by atoms with van der Waals surface area (Å²) in [7, 11) is 2.28. The van der Waals surface area contributed by atoms with E-state index in [1.165, 1.54) is 56.2 Å². The predicted octanol–water partition coefficient (Wildman–Crippen LogP) is 6.37. The van der Waals surface area contributed by atoms with E-state index in [1.54, 1.807) is 5.57 Å². The van der Waals surface area contributed by atoms with Gasteiger partial charge in [0.05, 0.1) is 12.8 Å². The molecule has 3 heteroatoms. The van der Waals surface area contributed by atoms with Gasteiger partial charge in [0.15, 0.2) is 0 Å². The van der Waals surface area contributed by atoms with Gasteiger partial charge in [0, 0.05) is 12.7 Å². The number of fused-ring (bicyclic) bond motifs is 5. The summed E-state index contributed by atoms with van der Waals surface area (Å²) in [5, 5.41) is 0. The van der Waals surface area contributed by atoms with Crippen LogP contribution in [0, 0.1) is 28.6 Å². The van der Waals surface area contributed by atoms with Gasteiger partial charge < -0.3 is 9.64 Å². The van der Waals surface area contributed by atoms with E-state index in [1.807, 2.05) is 6.20 Å². The van der Waals surface area contributed by atoms with Crippen molar-refractivity contribution >= 4 is 5.57 Å². The molecule has 5 atom stereocenters. The SMILES string of the molecule is CCCOc1cncc(C2=CCC3C4CCC5=CCN(C)CCC5(C)C4CCC23C)c1. The largest absolute Gasteiger partial charge is 0.492 e. The van der Waals surface area contributed by atoms with Crippen LogP contribution in [0.3, 0.4) is 0 Å². The van der Waals surface area contributed by atoms with E-state index in [9.17, 15) is 0 Å². The van der Waals surface area contributed by atoms with Crippen LogP contribution in [0.5, 0.6) is 5.75 Å². The summed E-state index contributed by atoms with van der Waals surface area (Å²) in [5.41, 5.74) is 5.30. The second-order valence-electron chi connectivity index (χ2n) is 11.1. The Hall–Kier alpha value is -1.61. The van der Waals surface area contributed by atoms with E-state index < -0.39 is 0 Å². The van der Waals surface area contributed by atoms with Crippen molar-refractivity contribution in [2.45, 2.75) is 65.7 Å². The summed E-state index contributed by atoms with van der Waals surface area (Å²) in [6, 6.07) is 2.23. The smallest absolute Gasteiger partial charge is 0.138 e. The molecular formula is C28H40N2O. The van der Waals surface area contributed by atoms with E-state index in [0.29, 0.717) is 5.41 Å². The number of likely N-dealkylation sites (N-methyl/N-ethyl adjacent to an activating group) is 1. The zero-order chi connectivity index (χ0) is 21.6. The van der Waals surface area contributed by atoms with Gasteiger partial charge >= 0.3 is 0 Å². The van der Waals surface area contributed by atoms with Gasteiger partial charge in [-0.25, -0.2) is 0 Å². The first-order chi connectivity index (χ1) is 15.0. The highest BCUT2D eigenvalue weighted by atomic mass is 16.5. The molecule has 1 aliphatic heterocycles. The average molecular weight is 421 g/mol. The lowest BCUT2D eigenvalue weighted by Crippen LogP contribution is -2.49. The lowest BCUT2D eigenvalue weighted by molar-refractivity contribution is -0.0194. The quantitative estimate of drug-likeness (QED) is 0.529. The Morgan fingerprint density at radius 3 is 2.81 bits per heavy atom. The van der Waals surface area contributed by atoms with Crippen LogP contribution in [0.15, 0.2) is 36.2 Å². The third-order valence-electron chi connectivity index (χ3n) is 9.48. The highest BCUT2D eigenvalue weighted by Crippen LogP contribution is 2.66. The highest BCUT2D eigenvalue weighted by Gasteiger charge is 2.56. The van der Waals surface area contributed by atoms with Gasteiger partial charge in [-0.1, -0.05) is 38.5 Å². The summed E-state index contributed by atoms with van der Waals surface area (Å²) in [5.74, 6) is 3.40. The monoisotopic (exact) mass is 420 g/mol. The summed E-state index contributed by atoms with van der Waals surface area (Å²) < 4.78 is 5.90. The van der Waals surface area contributed by atoms with Crippen LogP contribution in [0.1, 0.15) is 71.3 Å². The molecule has 0 saturated heterocycles. The van der Waals surface area contributed by atoms with E-state index >= 15 is 0 Å². The number of aromatic nitrogens is 1. The summed E-state index contributed by atoms with van der Waals surface area (Å²) in [4.78, 5) is 7.05. The molecule has 2 fully saturated rings. The lowest BCUT2D eigenvalue weighted by Gasteiger charge is -2.57. The standard InChI is InChI=1S/C28H40N2O/c1-5-16-31-22-17-20(18-29-19-22)24-8-9-25-23-7-6-21-11-14-30(4)15-13-27(21,2)26(23)10-12-28(24,25)3/h8,11,17-19,23,25-26H,5-7,9-10,12-16H2,1-4H3. The van der Waals surface area contributed by atoms with Crippen LogP contribution in [0.2, 0.25) is 0 Å². The van der Waals surface area contributed by atoms with Gasteiger partial charge in [-0.2, -0.15) is 0 Å². The minimum atomic E-state index is 0.283. The van der Waals surface area contributed by atoms with Crippen molar-refractivity contribution < 1.29 is 4.74 Å². The molecule has 31 heavy (non-hydrogen) atoms. The highest BCUT2D eigenvalue weighted by molar-refractivity contribution is 5.73. The topological polar surface area (TPSA) is 25.4 Å². The molecule has 0 radical (unpaired) electrons. The normalized spacial score (nSPS) is 37.7. The first kappa shape index (κ1) is 21.2. The number of ether oxygens (including phenoxy) is 1. The van der Waals surface area contributed by atoms with Gasteiger partial charge in [0.2, 0.25) is 0 Å².